The van der Waals surface area contributed by atoms with Crippen molar-refractivity contribution in [2.75, 3.05) is 13.6 Å². The van der Waals surface area contributed by atoms with E-state index in [1.165, 1.54) is 17.5 Å². The molecule has 21 heavy (non-hydrogen) atoms. The molecule has 0 saturated heterocycles. The van der Waals surface area contributed by atoms with Crippen molar-refractivity contribution in [1.29, 1.82) is 0 Å². The molecule has 0 heterocycles. The van der Waals surface area contributed by atoms with Crippen LogP contribution in [0.2, 0.25) is 0 Å². The molecule has 110 valence electrons. The van der Waals surface area contributed by atoms with E-state index >= 15 is 0 Å². The van der Waals surface area contributed by atoms with Crippen molar-refractivity contribution >= 4 is 0 Å². The van der Waals surface area contributed by atoms with Crippen LogP contribution in [0, 0.1) is 5.92 Å². The normalized spacial score (nSPS) is 24.0. The summed E-state index contributed by atoms with van der Waals surface area (Å²) in [4.78, 5) is 0. The highest BCUT2D eigenvalue weighted by Gasteiger charge is 2.34. The average Bonchev–Trinajstić information content (AvgIpc) is 2.77. The Morgan fingerprint density at radius 2 is 1.67 bits per heavy atom. The van der Waals surface area contributed by atoms with Gasteiger partial charge in [0.05, 0.1) is 0 Å². The summed E-state index contributed by atoms with van der Waals surface area (Å²) in [5, 5.41) is 3.30. The van der Waals surface area contributed by atoms with E-state index < -0.39 is 0 Å². The third-order valence-corrected chi connectivity index (χ3v) is 5.21. The molecule has 0 fully saturated rings. The van der Waals surface area contributed by atoms with Crippen molar-refractivity contribution in [3.63, 3.8) is 0 Å². The number of hydrogen-bond donors (Lipinski definition) is 1. The van der Waals surface area contributed by atoms with Gasteiger partial charge in [0.25, 0.3) is 0 Å². The summed E-state index contributed by atoms with van der Waals surface area (Å²) in [5.41, 5.74) is 5.80. The van der Waals surface area contributed by atoms with Crippen LogP contribution in [-0.4, -0.2) is 13.6 Å². The number of rotatable bonds is 4. The van der Waals surface area contributed by atoms with Gasteiger partial charge < -0.3 is 5.32 Å². The molecule has 2 aromatic rings. The van der Waals surface area contributed by atoms with Crippen molar-refractivity contribution < 1.29 is 0 Å². The molecule has 1 nitrogen and oxygen atoms in total. The maximum Gasteiger partial charge on any atom is -0.00460 e. The van der Waals surface area contributed by atoms with Gasteiger partial charge in [-0.25, -0.2) is 0 Å². The van der Waals surface area contributed by atoms with E-state index in [-0.39, 0.29) is 0 Å². The Hall–Kier alpha value is -1.60. The molecule has 3 atom stereocenters. The Balaban J connectivity index is 1.96. The van der Waals surface area contributed by atoms with Gasteiger partial charge in [-0.05, 0) is 60.0 Å². The lowest BCUT2D eigenvalue weighted by Crippen LogP contribution is -2.15. The van der Waals surface area contributed by atoms with Crippen LogP contribution in [0.3, 0.4) is 0 Å². The number of benzene rings is 2. The predicted octanol–water partition coefficient (Wildman–Crippen LogP) is 4.80. The van der Waals surface area contributed by atoms with Crippen molar-refractivity contribution in [2.45, 2.75) is 32.1 Å². The molecule has 3 rings (SSSR count). The van der Waals surface area contributed by atoms with E-state index in [0.29, 0.717) is 11.8 Å². The highest BCUT2D eigenvalue weighted by Crippen LogP contribution is 2.48. The molecule has 1 heteroatoms. The molecule has 0 amide bonds. The van der Waals surface area contributed by atoms with Crippen LogP contribution >= 0.6 is 0 Å². The maximum atomic E-state index is 3.30. The van der Waals surface area contributed by atoms with Gasteiger partial charge in [0, 0.05) is 0 Å². The fraction of sp³-hybridized carbons (Fsp3) is 0.400. The van der Waals surface area contributed by atoms with Gasteiger partial charge in [0.15, 0.2) is 0 Å². The molecular formula is C20H25N. The van der Waals surface area contributed by atoms with Gasteiger partial charge in [0.1, 0.15) is 0 Å². The molecule has 1 N–H and O–H groups in total. The minimum absolute atomic E-state index is 0.658. The van der Waals surface area contributed by atoms with Crippen LogP contribution in [0.4, 0.5) is 0 Å². The fourth-order valence-electron chi connectivity index (χ4n) is 3.75. The van der Waals surface area contributed by atoms with Crippen molar-refractivity contribution in [1.82, 2.24) is 5.32 Å². The minimum Gasteiger partial charge on any atom is -0.320 e. The standard InChI is InChI=1S/C20H25N/c1-14-15(2)20-13-17(16-7-5-4-6-8-16)9-10-19(20)18(14)11-12-21-3/h4-10,13-15,18,21H,11-12H2,1-3H3/t14-,15?,18?/m1/s1. The average molecular weight is 279 g/mol. The molecule has 0 bridgehead atoms. The summed E-state index contributed by atoms with van der Waals surface area (Å²) in [6, 6.07) is 17.8. The second-order valence-electron chi connectivity index (χ2n) is 6.36. The third kappa shape index (κ3) is 2.63. The van der Waals surface area contributed by atoms with E-state index in [1.54, 1.807) is 11.1 Å². The van der Waals surface area contributed by atoms with Crippen LogP contribution in [-0.2, 0) is 0 Å². The zero-order chi connectivity index (χ0) is 14.8. The summed E-state index contributed by atoms with van der Waals surface area (Å²) in [7, 11) is 2.04. The van der Waals surface area contributed by atoms with E-state index in [2.05, 4.69) is 67.7 Å². The van der Waals surface area contributed by atoms with Gasteiger partial charge in [-0.3, -0.25) is 0 Å². The van der Waals surface area contributed by atoms with E-state index in [4.69, 9.17) is 0 Å². The van der Waals surface area contributed by atoms with Gasteiger partial charge in [-0.15, -0.1) is 0 Å². The highest BCUT2D eigenvalue weighted by atomic mass is 14.8. The molecule has 0 radical (unpaired) electrons. The molecule has 1 aliphatic rings. The van der Waals surface area contributed by atoms with E-state index in [0.717, 1.165) is 12.5 Å². The van der Waals surface area contributed by atoms with E-state index in [1.807, 2.05) is 7.05 Å². The zero-order valence-electron chi connectivity index (χ0n) is 13.3. The molecule has 0 spiro atoms. The summed E-state index contributed by atoms with van der Waals surface area (Å²) < 4.78 is 0. The van der Waals surface area contributed by atoms with Crippen molar-refractivity contribution in [3.05, 3.63) is 59.7 Å². The summed E-state index contributed by atoms with van der Waals surface area (Å²) in [6.07, 6.45) is 1.24. The quantitative estimate of drug-likeness (QED) is 0.847. The summed E-state index contributed by atoms with van der Waals surface area (Å²) >= 11 is 0. The Kier molecular flexibility index (Phi) is 4.12. The minimum atomic E-state index is 0.658. The van der Waals surface area contributed by atoms with Gasteiger partial charge in [-0.2, -0.15) is 0 Å². The van der Waals surface area contributed by atoms with Crippen molar-refractivity contribution in [3.8, 4) is 11.1 Å². The van der Waals surface area contributed by atoms with Crippen LogP contribution in [0.15, 0.2) is 48.5 Å². The van der Waals surface area contributed by atoms with Crippen LogP contribution in [0.5, 0.6) is 0 Å². The third-order valence-electron chi connectivity index (χ3n) is 5.21. The Labute approximate surface area is 128 Å². The Morgan fingerprint density at radius 1 is 0.905 bits per heavy atom. The lowest BCUT2D eigenvalue weighted by Gasteiger charge is -2.18. The fourth-order valence-corrected chi connectivity index (χ4v) is 3.75. The zero-order valence-corrected chi connectivity index (χ0v) is 13.3. The Bertz CT molecular complexity index is 602. The largest absolute Gasteiger partial charge is 0.320 e. The molecule has 2 aromatic carbocycles. The van der Waals surface area contributed by atoms with E-state index in [9.17, 15) is 0 Å². The second-order valence-corrected chi connectivity index (χ2v) is 6.36. The topological polar surface area (TPSA) is 12.0 Å². The van der Waals surface area contributed by atoms with Crippen LogP contribution < -0.4 is 5.32 Å². The first-order valence-electron chi connectivity index (χ1n) is 8.06. The molecule has 0 saturated carbocycles. The smallest absolute Gasteiger partial charge is 0.00460 e. The molecule has 2 unspecified atom stereocenters. The lowest BCUT2D eigenvalue weighted by molar-refractivity contribution is 0.417. The first-order valence-corrected chi connectivity index (χ1v) is 8.06. The first-order chi connectivity index (χ1) is 10.2. The van der Waals surface area contributed by atoms with Gasteiger partial charge >= 0.3 is 0 Å². The monoisotopic (exact) mass is 279 g/mol. The van der Waals surface area contributed by atoms with Crippen LogP contribution in [0.25, 0.3) is 11.1 Å². The van der Waals surface area contributed by atoms with Crippen LogP contribution in [0.1, 0.15) is 43.2 Å². The number of fused-ring (bicyclic) bond motifs is 1. The Morgan fingerprint density at radius 3 is 2.38 bits per heavy atom. The summed E-state index contributed by atoms with van der Waals surface area (Å²) in [5.74, 6) is 2.09. The predicted molar refractivity (Wildman–Crippen MR) is 90.7 cm³/mol. The molecule has 0 aromatic heterocycles. The van der Waals surface area contributed by atoms with Gasteiger partial charge in [-0.1, -0.05) is 62.4 Å². The second kappa shape index (κ2) is 6.03. The molecule has 0 aliphatic heterocycles. The van der Waals surface area contributed by atoms with Gasteiger partial charge in [0.2, 0.25) is 0 Å². The number of hydrogen-bond acceptors (Lipinski definition) is 1. The van der Waals surface area contributed by atoms with Crippen molar-refractivity contribution in [2.24, 2.45) is 5.92 Å². The molecular weight excluding hydrogens is 254 g/mol. The lowest BCUT2D eigenvalue weighted by atomic mass is 9.87. The molecule has 1 aliphatic carbocycles. The highest BCUT2D eigenvalue weighted by molar-refractivity contribution is 5.66. The first kappa shape index (κ1) is 14.3. The maximum absolute atomic E-state index is 3.30. The number of nitrogens with one attached hydrogen (secondary N) is 1. The summed E-state index contributed by atoms with van der Waals surface area (Å²) in [6.45, 7) is 5.90. The SMILES string of the molecule is CNCCC1c2ccc(-c3ccccc3)cc2C(C)[C@H]1C.